The Labute approximate surface area is 91.2 Å². The summed E-state index contributed by atoms with van der Waals surface area (Å²) in [7, 11) is 0. The maximum absolute atomic E-state index is 4.33. The monoisotopic (exact) mass is 212 g/mol. The molecule has 72 valence electrons. The van der Waals surface area contributed by atoms with Gasteiger partial charge in [-0.2, -0.15) is 11.3 Å². The van der Waals surface area contributed by atoms with E-state index in [4.69, 9.17) is 0 Å². The Bertz CT molecular complexity index is 587. The van der Waals surface area contributed by atoms with Gasteiger partial charge in [-0.3, -0.25) is 0 Å². The Morgan fingerprint density at radius 3 is 2.93 bits per heavy atom. The van der Waals surface area contributed by atoms with Crippen LogP contribution in [0.2, 0.25) is 0 Å². The molecule has 0 aliphatic carbocycles. The van der Waals surface area contributed by atoms with E-state index in [2.05, 4.69) is 32.9 Å². The lowest BCUT2D eigenvalue weighted by atomic mass is 10.1. The summed E-state index contributed by atoms with van der Waals surface area (Å²) in [5, 5.41) is 5.28. The molecule has 0 aliphatic rings. The molecular formula is C12H8N2S. The van der Waals surface area contributed by atoms with Crippen molar-refractivity contribution in [2.24, 2.45) is 0 Å². The number of rotatable bonds is 1. The predicted molar refractivity (Wildman–Crippen MR) is 62.9 cm³/mol. The van der Waals surface area contributed by atoms with Crippen LogP contribution in [0.4, 0.5) is 0 Å². The number of nitrogens with zero attached hydrogens (tertiary/aromatic N) is 2. The van der Waals surface area contributed by atoms with Crippen molar-refractivity contribution in [3.8, 4) is 11.1 Å². The maximum atomic E-state index is 4.33. The zero-order valence-corrected chi connectivity index (χ0v) is 8.74. The summed E-state index contributed by atoms with van der Waals surface area (Å²) in [5.74, 6) is 0. The molecular weight excluding hydrogens is 204 g/mol. The second-order valence-electron chi connectivity index (χ2n) is 3.29. The highest BCUT2D eigenvalue weighted by Crippen LogP contribution is 2.23. The number of thiophene rings is 1. The quantitative estimate of drug-likeness (QED) is 0.618. The first-order valence-electron chi connectivity index (χ1n) is 4.67. The number of fused-ring (bicyclic) bond motifs is 1. The average Bonchev–Trinajstić information content (AvgIpc) is 2.82. The van der Waals surface area contributed by atoms with Gasteiger partial charge in [0.25, 0.3) is 0 Å². The van der Waals surface area contributed by atoms with Crippen molar-refractivity contribution < 1.29 is 0 Å². The van der Waals surface area contributed by atoms with Crippen molar-refractivity contribution in [3.63, 3.8) is 0 Å². The second kappa shape index (κ2) is 3.44. The van der Waals surface area contributed by atoms with E-state index in [1.165, 1.54) is 5.56 Å². The third kappa shape index (κ3) is 1.51. The standard InChI is InChI=1S/C12H8N2S/c1-2-9-6-11(10-3-5-15-8-10)7-14-12(9)13-4-1/h1-8H. The number of hydrogen-bond donors (Lipinski definition) is 0. The Morgan fingerprint density at radius 1 is 1.07 bits per heavy atom. The fourth-order valence-electron chi connectivity index (χ4n) is 1.55. The summed E-state index contributed by atoms with van der Waals surface area (Å²) in [6.45, 7) is 0. The minimum atomic E-state index is 0.802. The van der Waals surface area contributed by atoms with Gasteiger partial charge in [0.1, 0.15) is 0 Å². The Hall–Kier alpha value is -1.74. The van der Waals surface area contributed by atoms with E-state index in [0.29, 0.717) is 0 Å². The first-order chi connectivity index (χ1) is 7.43. The van der Waals surface area contributed by atoms with Gasteiger partial charge in [0.05, 0.1) is 0 Å². The van der Waals surface area contributed by atoms with E-state index < -0.39 is 0 Å². The summed E-state index contributed by atoms with van der Waals surface area (Å²) in [4.78, 5) is 8.53. The van der Waals surface area contributed by atoms with E-state index in [1.807, 2.05) is 18.3 Å². The summed E-state index contributed by atoms with van der Waals surface area (Å²) in [6, 6.07) is 8.19. The van der Waals surface area contributed by atoms with Crippen LogP contribution in [0.3, 0.4) is 0 Å². The molecule has 0 aliphatic heterocycles. The van der Waals surface area contributed by atoms with E-state index >= 15 is 0 Å². The smallest absolute Gasteiger partial charge is 0.159 e. The number of hydrogen-bond acceptors (Lipinski definition) is 3. The van der Waals surface area contributed by atoms with Crippen LogP contribution in [-0.2, 0) is 0 Å². The maximum Gasteiger partial charge on any atom is 0.159 e. The van der Waals surface area contributed by atoms with Gasteiger partial charge in [0.2, 0.25) is 0 Å². The molecule has 3 heterocycles. The summed E-state index contributed by atoms with van der Waals surface area (Å²) >= 11 is 1.70. The van der Waals surface area contributed by atoms with Gasteiger partial charge >= 0.3 is 0 Å². The average molecular weight is 212 g/mol. The van der Waals surface area contributed by atoms with Crippen molar-refractivity contribution in [2.45, 2.75) is 0 Å². The minimum absolute atomic E-state index is 0.802. The number of pyridine rings is 2. The van der Waals surface area contributed by atoms with E-state index in [1.54, 1.807) is 17.5 Å². The molecule has 0 spiro atoms. The number of aromatic nitrogens is 2. The van der Waals surface area contributed by atoms with Gasteiger partial charge < -0.3 is 0 Å². The molecule has 2 nitrogen and oxygen atoms in total. The van der Waals surface area contributed by atoms with Crippen LogP contribution in [0.25, 0.3) is 22.2 Å². The highest BCUT2D eigenvalue weighted by molar-refractivity contribution is 7.08. The van der Waals surface area contributed by atoms with E-state index in [0.717, 1.165) is 16.6 Å². The summed E-state index contributed by atoms with van der Waals surface area (Å²) in [5.41, 5.74) is 3.17. The van der Waals surface area contributed by atoms with Crippen LogP contribution in [0.15, 0.2) is 47.4 Å². The molecule has 0 N–H and O–H groups in total. The van der Waals surface area contributed by atoms with Gasteiger partial charge in [0.15, 0.2) is 5.65 Å². The van der Waals surface area contributed by atoms with E-state index in [9.17, 15) is 0 Å². The summed E-state index contributed by atoms with van der Waals surface area (Å²) < 4.78 is 0. The van der Waals surface area contributed by atoms with Crippen LogP contribution in [-0.4, -0.2) is 9.97 Å². The lowest BCUT2D eigenvalue weighted by Gasteiger charge is -1.99. The van der Waals surface area contributed by atoms with Crippen molar-refractivity contribution in [2.75, 3.05) is 0 Å². The molecule has 0 saturated carbocycles. The lowest BCUT2D eigenvalue weighted by Crippen LogP contribution is -1.83. The zero-order chi connectivity index (χ0) is 10.1. The highest BCUT2D eigenvalue weighted by Gasteiger charge is 2.00. The van der Waals surface area contributed by atoms with Gasteiger partial charge in [-0.1, -0.05) is 0 Å². The fourth-order valence-corrected chi connectivity index (χ4v) is 2.22. The van der Waals surface area contributed by atoms with Crippen LogP contribution >= 0.6 is 11.3 Å². The van der Waals surface area contributed by atoms with Gasteiger partial charge in [-0.25, -0.2) is 9.97 Å². The third-order valence-corrected chi connectivity index (χ3v) is 2.99. The van der Waals surface area contributed by atoms with Crippen molar-refractivity contribution in [3.05, 3.63) is 47.4 Å². The third-order valence-electron chi connectivity index (χ3n) is 2.31. The van der Waals surface area contributed by atoms with Crippen molar-refractivity contribution in [1.82, 2.24) is 9.97 Å². The Morgan fingerprint density at radius 2 is 2.07 bits per heavy atom. The predicted octanol–water partition coefficient (Wildman–Crippen LogP) is 3.36. The minimum Gasteiger partial charge on any atom is -0.237 e. The Balaban J connectivity index is 2.22. The molecule has 0 fully saturated rings. The molecule has 0 amide bonds. The van der Waals surface area contributed by atoms with Gasteiger partial charge in [-0.05, 0) is 40.6 Å². The molecule has 0 unspecified atom stereocenters. The first-order valence-corrected chi connectivity index (χ1v) is 5.61. The normalized spacial score (nSPS) is 10.7. The lowest BCUT2D eigenvalue weighted by molar-refractivity contribution is 1.29. The molecule has 0 bridgehead atoms. The SMILES string of the molecule is c1cnc2ncc(-c3ccsc3)cc2c1. The van der Waals surface area contributed by atoms with Crippen molar-refractivity contribution in [1.29, 1.82) is 0 Å². The van der Waals surface area contributed by atoms with Crippen LogP contribution in [0, 0.1) is 0 Å². The van der Waals surface area contributed by atoms with Gasteiger partial charge in [-0.15, -0.1) is 0 Å². The zero-order valence-electron chi connectivity index (χ0n) is 7.92. The first kappa shape index (κ1) is 8.56. The molecule has 3 rings (SSSR count). The van der Waals surface area contributed by atoms with Crippen LogP contribution < -0.4 is 0 Å². The van der Waals surface area contributed by atoms with E-state index in [-0.39, 0.29) is 0 Å². The van der Waals surface area contributed by atoms with Crippen LogP contribution in [0.5, 0.6) is 0 Å². The summed E-state index contributed by atoms with van der Waals surface area (Å²) in [6.07, 6.45) is 3.64. The topological polar surface area (TPSA) is 25.8 Å². The highest BCUT2D eigenvalue weighted by atomic mass is 32.1. The van der Waals surface area contributed by atoms with Gasteiger partial charge in [0, 0.05) is 23.3 Å². The molecule has 15 heavy (non-hydrogen) atoms. The van der Waals surface area contributed by atoms with Crippen LogP contribution in [0.1, 0.15) is 0 Å². The fraction of sp³-hybridized carbons (Fsp3) is 0. The van der Waals surface area contributed by atoms with Crippen molar-refractivity contribution >= 4 is 22.4 Å². The Kier molecular flexibility index (Phi) is 1.96. The molecule has 0 radical (unpaired) electrons. The largest absolute Gasteiger partial charge is 0.237 e. The molecule has 0 atom stereocenters. The molecule has 3 aromatic heterocycles. The molecule has 0 aromatic carbocycles. The molecule has 3 heteroatoms. The molecule has 0 saturated heterocycles. The molecule has 3 aromatic rings. The second-order valence-corrected chi connectivity index (χ2v) is 4.07.